The summed E-state index contributed by atoms with van der Waals surface area (Å²) in [5.74, 6) is -8.29. The van der Waals surface area contributed by atoms with Crippen molar-refractivity contribution in [3.63, 3.8) is 0 Å². The molecule has 6 atom stereocenters. The van der Waals surface area contributed by atoms with Crippen LogP contribution in [-0.2, 0) is 23.9 Å². The molecule has 4 bridgehead atoms. The molecule has 4 aliphatic carbocycles. The molecule has 0 aromatic carbocycles. The highest BCUT2D eigenvalue weighted by Crippen LogP contribution is 2.66. The van der Waals surface area contributed by atoms with Crippen molar-refractivity contribution in [1.82, 2.24) is 0 Å². The number of carboxylic acid groups (broad SMARTS) is 2. The molecule has 5 rings (SSSR count). The summed E-state index contributed by atoms with van der Waals surface area (Å²) >= 11 is 0. The number of carboxylic acids is 2. The number of Topliss-reactive ketones (excluding diaryl/α,β-unsaturated/α-hetero) is 1. The highest BCUT2D eigenvalue weighted by molar-refractivity contribution is 6.02. The molecule has 26 heavy (non-hydrogen) atoms. The molecule has 0 aromatic heterocycles. The number of hydrogen-bond acceptors (Lipinski definition) is 6. The fraction of sp³-hybridized carbons (Fsp3) is 0.333. The van der Waals surface area contributed by atoms with Crippen molar-refractivity contribution in [3.8, 4) is 0 Å². The van der Waals surface area contributed by atoms with E-state index in [1.54, 1.807) is 6.08 Å². The molecule has 1 saturated carbocycles. The normalized spacial score (nSPS) is 42.7. The third-order valence-electron chi connectivity index (χ3n) is 5.63. The van der Waals surface area contributed by atoms with Crippen molar-refractivity contribution in [1.29, 1.82) is 0 Å². The first-order chi connectivity index (χ1) is 12.2. The first kappa shape index (κ1) is 16.6. The molecule has 8 heteroatoms. The number of ether oxygens (including phenoxy) is 1. The lowest BCUT2D eigenvalue weighted by Gasteiger charge is -2.52. The van der Waals surface area contributed by atoms with Crippen molar-refractivity contribution in [2.45, 2.75) is 11.9 Å². The number of ketones is 2. The Morgan fingerprint density at radius 1 is 1.15 bits per heavy atom. The molecule has 6 unspecified atom stereocenters. The molecule has 8 nitrogen and oxygen atoms in total. The van der Waals surface area contributed by atoms with E-state index in [4.69, 9.17) is 14.9 Å². The number of aliphatic hydroxyl groups is 1. The Morgan fingerprint density at radius 2 is 1.85 bits per heavy atom. The van der Waals surface area contributed by atoms with Crippen LogP contribution in [0.4, 0.5) is 0 Å². The number of allylic oxidation sites excluding steroid dienone is 4. The molecular weight excluding hydrogens is 344 g/mol. The van der Waals surface area contributed by atoms with Gasteiger partial charge in [-0.1, -0.05) is 24.3 Å². The van der Waals surface area contributed by atoms with Gasteiger partial charge in [-0.2, -0.15) is 0 Å². The molecule has 134 valence electrons. The molecule has 5 aliphatic rings. The highest BCUT2D eigenvalue weighted by atomic mass is 16.6. The minimum atomic E-state index is -2.26. The summed E-state index contributed by atoms with van der Waals surface area (Å²) in [5, 5.41) is 28.8. The fourth-order valence-corrected chi connectivity index (χ4v) is 4.73. The topological polar surface area (TPSA) is 138 Å². The number of aliphatic carboxylic acids is 2. The fourth-order valence-electron chi connectivity index (χ4n) is 4.73. The second kappa shape index (κ2) is 5.09. The van der Waals surface area contributed by atoms with Crippen LogP contribution < -0.4 is 0 Å². The first-order valence-corrected chi connectivity index (χ1v) is 7.93. The first-order valence-electron chi connectivity index (χ1n) is 7.93. The standard InChI is InChI=1S/C18H14O8/c19-10-3-5-17(6-4-12(22)23)9-7-8(1-2-11(20)21)13-15(14(9)24)26-18(10,25)16(13)17/h1-7,9,13,15-16,25H,(H,20,21)(H,22,23)/b2-1+,6-4+. The maximum absolute atomic E-state index is 12.8. The van der Waals surface area contributed by atoms with Gasteiger partial charge in [0.25, 0.3) is 0 Å². The summed E-state index contributed by atoms with van der Waals surface area (Å²) in [6, 6.07) is 0. The van der Waals surface area contributed by atoms with Gasteiger partial charge in [-0.15, -0.1) is 0 Å². The van der Waals surface area contributed by atoms with Crippen molar-refractivity contribution in [3.05, 3.63) is 48.1 Å². The Kier molecular flexibility index (Phi) is 3.25. The Balaban J connectivity index is 1.94. The van der Waals surface area contributed by atoms with Crippen LogP contribution in [-0.4, -0.2) is 50.7 Å². The van der Waals surface area contributed by atoms with Crippen LogP contribution in [0.1, 0.15) is 0 Å². The Hall–Kier alpha value is -2.84. The molecule has 1 saturated heterocycles. The predicted molar refractivity (Wildman–Crippen MR) is 83.5 cm³/mol. The number of rotatable bonds is 4. The van der Waals surface area contributed by atoms with Crippen LogP contribution in [0, 0.1) is 23.2 Å². The van der Waals surface area contributed by atoms with Gasteiger partial charge in [0.05, 0.1) is 5.92 Å². The summed E-state index contributed by atoms with van der Waals surface area (Å²) in [4.78, 5) is 47.0. The summed E-state index contributed by atoms with van der Waals surface area (Å²) in [5.41, 5.74) is -0.749. The van der Waals surface area contributed by atoms with Gasteiger partial charge in [-0.05, 0) is 11.6 Å². The smallest absolute Gasteiger partial charge is 0.328 e. The summed E-state index contributed by atoms with van der Waals surface area (Å²) in [6.07, 6.45) is 7.47. The number of carbonyl (C=O) groups excluding carboxylic acids is 2. The predicted octanol–water partition coefficient (Wildman–Crippen LogP) is -0.148. The largest absolute Gasteiger partial charge is 0.478 e. The van der Waals surface area contributed by atoms with Crippen LogP contribution in [0.25, 0.3) is 0 Å². The van der Waals surface area contributed by atoms with Gasteiger partial charge in [-0.3, -0.25) is 9.59 Å². The molecule has 2 fully saturated rings. The SMILES string of the molecule is O=C(O)/C=C/C1=CC2C(=O)C3OC4(O)C(=O)C=CC2(/C=C/C(=O)O)C4C13. The molecule has 0 amide bonds. The second-order valence-electron chi connectivity index (χ2n) is 6.83. The van der Waals surface area contributed by atoms with Crippen LogP contribution in [0.15, 0.2) is 48.1 Å². The molecule has 0 radical (unpaired) electrons. The molecule has 0 aromatic rings. The van der Waals surface area contributed by atoms with Crippen LogP contribution >= 0.6 is 0 Å². The van der Waals surface area contributed by atoms with Crippen LogP contribution in [0.2, 0.25) is 0 Å². The van der Waals surface area contributed by atoms with Gasteiger partial charge >= 0.3 is 11.9 Å². The van der Waals surface area contributed by atoms with Gasteiger partial charge in [0.2, 0.25) is 11.6 Å². The summed E-state index contributed by atoms with van der Waals surface area (Å²) in [6.45, 7) is 0. The van der Waals surface area contributed by atoms with Crippen molar-refractivity contribution in [2.75, 3.05) is 0 Å². The summed E-state index contributed by atoms with van der Waals surface area (Å²) in [7, 11) is 0. The van der Waals surface area contributed by atoms with Crippen molar-refractivity contribution >= 4 is 23.5 Å². The molecular formula is C18H14O8. The number of hydrogen-bond donors (Lipinski definition) is 3. The molecule has 1 aliphatic heterocycles. The zero-order valence-electron chi connectivity index (χ0n) is 13.2. The van der Waals surface area contributed by atoms with Crippen molar-refractivity contribution < 1.29 is 39.2 Å². The third-order valence-corrected chi connectivity index (χ3v) is 5.63. The average molecular weight is 358 g/mol. The van der Waals surface area contributed by atoms with Crippen LogP contribution in [0.3, 0.4) is 0 Å². The maximum Gasteiger partial charge on any atom is 0.328 e. The van der Waals surface area contributed by atoms with E-state index < -0.39 is 52.8 Å². The zero-order valence-corrected chi connectivity index (χ0v) is 13.2. The highest BCUT2D eigenvalue weighted by Gasteiger charge is 2.75. The quantitative estimate of drug-likeness (QED) is 0.590. The van der Waals surface area contributed by atoms with Crippen molar-refractivity contribution in [2.24, 2.45) is 23.2 Å². The van der Waals surface area contributed by atoms with E-state index in [1.165, 1.54) is 18.2 Å². The van der Waals surface area contributed by atoms with E-state index in [1.807, 2.05) is 0 Å². The lowest BCUT2D eigenvalue weighted by Crippen LogP contribution is -2.60. The Bertz CT molecular complexity index is 878. The number of carbonyl (C=O) groups is 4. The van der Waals surface area contributed by atoms with Gasteiger partial charge in [0, 0.05) is 29.4 Å². The van der Waals surface area contributed by atoms with Gasteiger partial charge in [0.15, 0.2) is 5.78 Å². The lowest BCUT2D eigenvalue weighted by molar-refractivity contribution is -0.209. The minimum Gasteiger partial charge on any atom is -0.478 e. The minimum absolute atomic E-state index is 0.371. The Morgan fingerprint density at radius 3 is 2.50 bits per heavy atom. The molecule has 3 N–H and O–H groups in total. The molecule has 0 spiro atoms. The van der Waals surface area contributed by atoms with E-state index in [0.717, 1.165) is 18.2 Å². The van der Waals surface area contributed by atoms with E-state index in [9.17, 15) is 24.3 Å². The van der Waals surface area contributed by atoms with E-state index in [2.05, 4.69) is 0 Å². The monoisotopic (exact) mass is 358 g/mol. The second-order valence-corrected chi connectivity index (χ2v) is 6.83. The summed E-state index contributed by atoms with van der Waals surface area (Å²) < 4.78 is 5.47. The zero-order chi connectivity index (χ0) is 18.9. The Labute approximate surface area is 146 Å². The molecule has 1 heterocycles. The van der Waals surface area contributed by atoms with E-state index in [-0.39, 0.29) is 5.78 Å². The maximum atomic E-state index is 12.8. The van der Waals surface area contributed by atoms with E-state index >= 15 is 0 Å². The lowest BCUT2D eigenvalue weighted by atomic mass is 9.47. The third kappa shape index (κ3) is 1.91. The van der Waals surface area contributed by atoms with Gasteiger partial charge < -0.3 is 20.1 Å². The van der Waals surface area contributed by atoms with Gasteiger partial charge in [-0.25, -0.2) is 9.59 Å². The average Bonchev–Trinajstić information content (AvgIpc) is 2.90. The van der Waals surface area contributed by atoms with E-state index in [0.29, 0.717) is 5.57 Å². The van der Waals surface area contributed by atoms with Gasteiger partial charge in [0.1, 0.15) is 6.10 Å². The van der Waals surface area contributed by atoms with Crippen LogP contribution in [0.5, 0.6) is 0 Å².